The maximum absolute atomic E-state index is 12.3. The zero-order chi connectivity index (χ0) is 22.5. The van der Waals surface area contributed by atoms with Crippen LogP contribution < -0.4 is 0 Å². The van der Waals surface area contributed by atoms with Crippen molar-refractivity contribution in [1.29, 1.82) is 0 Å². The predicted molar refractivity (Wildman–Crippen MR) is 126 cm³/mol. The van der Waals surface area contributed by atoms with Gasteiger partial charge in [0.05, 0.1) is 13.2 Å². The fourth-order valence-electron chi connectivity index (χ4n) is 3.42. The average Bonchev–Trinajstić information content (AvgIpc) is 2.73. The Kier molecular flexibility index (Phi) is 19.2. The van der Waals surface area contributed by atoms with Crippen molar-refractivity contribution < 1.29 is 19.1 Å². The van der Waals surface area contributed by atoms with Crippen LogP contribution in [-0.4, -0.2) is 25.2 Å². The van der Waals surface area contributed by atoms with Crippen LogP contribution in [0.4, 0.5) is 0 Å². The van der Waals surface area contributed by atoms with Crippen LogP contribution in [0, 0.1) is 5.41 Å². The fraction of sp³-hybridized carbons (Fsp3) is 0.923. The van der Waals surface area contributed by atoms with Crippen LogP contribution in [0.25, 0.3) is 0 Å². The fourth-order valence-corrected chi connectivity index (χ4v) is 3.42. The van der Waals surface area contributed by atoms with Gasteiger partial charge in [0, 0.05) is 0 Å². The lowest BCUT2D eigenvalue weighted by atomic mass is 9.94. The van der Waals surface area contributed by atoms with Gasteiger partial charge in [-0.15, -0.1) is 0 Å². The van der Waals surface area contributed by atoms with Gasteiger partial charge in [0.2, 0.25) is 0 Å². The van der Waals surface area contributed by atoms with Crippen molar-refractivity contribution in [3.8, 4) is 0 Å². The van der Waals surface area contributed by atoms with Crippen molar-refractivity contribution in [3.05, 3.63) is 0 Å². The maximum Gasteiger partial charge on any atom is 0.322 e. The SMILES string of the molecule is CCCCCCCCCCCCCOC(=O)C(C)(C)C(=O)OCCCCCCCC. The molecule has 0 unspecified atom stereocenters. The van der Waals surface area contributed by atoms with Crippen LogP contribution in [0.2, 0.25) is 0 Å². The Labute approximate surface area is 186 Å². The molecule has 0 N–H and O–H groups in total. The van der Waals surface area contributed by atoms with Gasteiger partial charge in [0.15, 0.2) is 5.41 Å². The molecule has 0 rings (SSSR count). The summed E-state index contributed by atoms with van der Waals surface area (Å²) in [5.41, 5.74) is -1.22. The van der Waals surface area contributed by atoms with Gasteiger partial charge >= 0.3 is 11.9 Å². The van der Waals surface area contributed by atoms with E-state index in [0.29, 0.717) is 13.2 Å². The van der Waals surface area contributed by atoms with Crippen LogP contribution in [-0.2, 0) is 19.1 Å². The summed E-state index contributed by atoms with van der Waals surface area (Å²) in [5, 5.41) is 0. The summed E-state index contributed by atoms with van der Waals surface area (Å²) in [6.45, 7) is 8.42. The highest BCUT2D eigenvalue weighted by Gasteiger charge is 2.39. The number of ether oxygens (including phenoxy) is 2. The molecule has 4 nitrogen and oxygen atoms in total. The van der Waals surface area contributed by atoms with Crippen LogP contribution in [0.5, 0.6) is 0 Å². The molecule has 0 heterocycles. The molecule has 0 amide bonds. The second-order valence-electron chi connectivity index (χ2n) is 9.20. The van der Waals surface area contributed by atoms with Crippen molar-refractivity contribution >= 4 is 11.9 Å². The molecular formula is C26H50O4. The number of carbonyl (C=O) groups is 2. The van der Waals surface area contributed by atoms with Gasteiger partial charge in [-0.05, 0) is 26.7 Å². The third-order valence-electron chi connectivity index (χ3n) is 5.73. The molecule has 30 heavy (non-hydrogen) atoms. The van der Waals surface area contributed by atoms with Crippen molar-refractivity contribution in [2.45, 2.75) is 137 Å². The second kappa shape index (κ2) is 19.9. The first kappa shape index (κ1) is 28.9. The maximum atomic E-state index is 12.3. The Balaban J connectivity index is 3.67. The zero-order valence-electron chi connectivity index (χ0n) is 20.6. The molecule has 0 atom stereocenters. The highest BCUT2D eigenvalue weighted by molar-refractivity contribution is 5.99. The van der Waals surface area contributed by atoms with Gasteiger partial charge in [-0.3, -0.25) is 9.59 Å². The van der Waals surface area contributed by atoms with Gasteiger partial charge in [0.25, 0.3) is 0 Å². The Bertz CT molecular complexity index is 417. The third kappa shape index (κ3) is 15.7. The molecule has 0 aliphatic rings. The lowest BCUT2D eigenvalue weighted by Crippen LogP contribution is -2.37. The summed E-state index contributed by atoms with van der Waals surface area (Å²) < 4.78 is 10.7. The molecular weight excluding hydrogens is 376 g/mol. The summed E-state index contributed by atoms with van der Waals surface area (Å²) in [7, 11) is 0. The van der Waals surface area contributed by atoms with Crippen LogP contribution in [0.1, 0.15) is 137 Å². The molecule has 4 heteroatoms. The molecule has 0 spiro atoms. The van der Waals surface area contributed by atoms with Crippen molar-refractivity contribution in [1.82, 2.24) is 0 Å². The molecule has 0 radical (unpaired) electrons. The van der Waals surface area contributed by atoms with Gasteiger partial charge in [-0.2, -0.15) is 0 Å². The molecule has 0 aromatic carbocycles. The first-order valence-electron chi connectivity index (χ1n) is 12.8. The number of unbranched alkanes of at least 4 members (excludes halogenated alkanes) is 15. The minimum Gasteiger partial charge on any atom is -0.465 e. The predicted octanol–water partition coefficient (Wildman–Crippen LogP) is 7.77. The normalized spacial score (nSPS) is 11.5. The van der Waals surface area contributed by atoms with Crippen LogP contribution in [0.15, 0.2) is 0 Å². The van der Waals surface area contributed by atoms with E-state index < -0.39 is 17.4 Å². The van der Waals surface area contributed by atoms with Crippen molar-refractivity contribution in [3.63, 3.8) is 0 Å². The highest BCUT2D eigenvalue weighted by atomic mass is 16.6. The van der Waals surface area contributed by atoms with Gasteiger partial charge < -0.3 is 9.47 Å². The van der Waals surface area contributed by atoms with Gasteiger partial charge in [-0.25, -0.2) is 0 Å². The average molecular weight is 427 g/mol. The first-order chi connectivity index (χ1) is 14.5. The minimum atomic E-state index is -1.22. The summed E-state index contributed by atoms with van der Waals surface area (Å²) in [6, 6.07) is 0. The smallest absolute Gasteiger partial charge is 0.322 e. The van der Waals surface area contributed by atoms with Crippen LogP contribution in [0.3, 0.4) is 0 Å². The first-order valence-corrected chi connectivity index (χ1v) is 12.8. The largest absolute Gasteiger partial charge is 0.465 e. The molecule has 0 aromatic heterocycles. The molecule has 178 valence electrons. The van der Waals surface area contributed by atoms with E-state index >= 15 is 0 Å². The lowest BCUT2D eigenvalue weighted by Gasteiger charge is -2.20. The van der Waals surface area contributed by atoms with E-state index in [-0.39, 0.29) is 0 Å². The Morgan fingerprint density at radius 2 is 0.767 bits per heavy atom. The highest BCUT2D eigenvalue weighted by Crippen LogP contribution is 2.20. The molecule has 0 aliphatic carbocycles. The number of hydrogen-bond donors (Lipinski definition) is 0. The standard InChI is InChI=1S/C26H50O4/c1-5-7-9-11-13-14-15-16-17-19-21-23-30-25(28)26(3,4)24(27)29-22-20-18-12-10-8-6-2/h5-23H2,1-4H3. The van der Waals surface area contributed by atoms with Crippen LogP contribution >= 0.6 is 0 Å². The summed E-state index contributed by atoms with van der Waals surface area (Å²) >= 11 is 0. The molecule has 0 bridgehead atoms. The molecule has 0 aromatic rings. The molecule has 0 aliphatic heterocycles. The zero-order valence-corrected chi connectivity index (χ0v) is 20.6. The Hall–Kier alpha value is -1.06. The Morgan fingerprint density at radius 1 is 0.500 bits per heavy atom. The van der Waals surface area contributed by atoms with E-state index in [2.05, 4.69) is 13.8 Å². The van der Waals surface area contributed by atoms with Gasteiger partial charge in [0.1, 0.15) is 0 Å². The molecule has 0 fully saturated rings. The van der Waals surface area contributed by atoms with E-state index in [1.165, 1.54) is 83.5 Å². The van der Waals surface area contributed by atoms with E-state index in [4.69, 9.17) is 9.47 Å². The topological polar surface area (TPSA) is 52.6 Å². The number of carbonyl (C=O) groups excluding carboxylic acids is 2. The van der Waals surface area contributed by atoms with Gasteiger partial charge in [-0.1, -0.05) is 110 Å². The molecule has 0 saturated carbocycles. The number of rotatable bonds is 21. The van der Waals surface area contributed by atoms with E-state index in [9.17, 15) is 9.59 Å². The lowest BCUT2D eigenvalue weighted by molar-refractivity contribution is -0.169. The van der Waals surface area contributed by atoms with Crippen molar-refractivity contribution in [2.24, 2.45) is 5.41 Å². The quantitative estimate of drug-likeness (QED) is 0.107. The summed E-state index contributed by atoms with van der Waals surface area (Å²) in [4.78, 5) is 24.5. The van der Waals surface area contributed by atoms with Crippen molar-refractivity contribution in [2.75, 3.05) is 13.2 Å². The second-order valence-corrected chi connectivity index (χ2v) is 9.20. The molecule has 0 saturated heterocycles. The number of esters is 2. The third-order valence-corrected chi connectivity index (χ3v) is 5.73. The van der Waals surface area contributed by atoms with E-state index in [1.54, 1.807) is 13.8 Å². The van der Waals surface area contributed by atoms with E-state index in [1.807, 2.05) is 0 Å². The summed E-state index contributed by atoms with van der Waals surface area (Å²) in [6.07, 6.45) is 20.7. The monoisotopic (exact) mass is 426 g/mol. The minimum absolute atomic E-state index is 0.389. The Morgan fingerprint density at radius 3 is 1.07 bits per heavy atom. The van der Waals surface area contributed by atoms with E-state index in [0.717, 1.165) is 25.7 Å². The number of hydrogen-bond acceptors (Lipinski definition) is 4. The summed E-state index contributed by atoms with van der Waals surface area (Å²) in [5.74, 6) is -0.942.